The van der Waals surface area contributed by atoms with Crippen LogP contribution >= 0.6 is 0 Å². The van der Waals surface area contributed by atoms with Crippen LogP contribution in [0.25, 0.3) is 0 Å². The van der Waals surface area contributed by atoms with E-state index >= 15 is 0 Å². The van der Waals surface area contributed by atoms with Crippen LogP contribution in [0.1, 0.15) is 52.9 Å². The molecule has 5 nitrogen and oxygen atoms in total. The number of urea groups is 1. The monoisotopic (exact) mass is 256 g/mol. The SMILES string of the molecule is CCCC(C)(C)NC(=O)N1CCCCC1C(=O)O. The highest BCUT2D eigenvalue weighted by molar-refractivity contribution is 5.83. The fraction of sp³-hybridized carbons (Fsp3) is 0.846. The Morgan fingerprint density at radius 3 is 2.61 bits per heavy atom. The highest BCUT2D eigenvalue weighted by atomic mass is 16.4. The van der Waals surface area contributed by atoms with Gasteiger partial charge in [0.25, 0.3) is 0 Å². The fourth-order valence-corrected chi connectivity index (χ4v) is 2.48. The molecule has 0 spiro atoms. The van der Waals surface area contributed by atoms with Gasteiger partial charge in [0.15, 0.2) is 0 Å². The molecule has 0 aromatic rings. The van der Waals surface area contributed by atoms with E-state index in [0.717, 1.165) is 25.7 Å². The summed E-state index contributed by atoms with van der Waals surface area (Å²) in [6, 6.07) is -0.920. The number of hydrogen-bond acceptors (Lipinski definition) is 2. The smallest absolute Gasteiger partial charge is 0.326 e. The molecule has 1 fully saturated rings. The highest BCUT2D eigenvalue weighted by Gasteiger charge is 2.33. The van der Waals surface area contributed by atoms with Crippen molar-refractivity contribution in [2.45, 2.75) is 64.5 Å². The molecule has 1 unspecified atom stereocenters. The second-order valence-corrected chi connectivity index (χ2v) is 5.61. The van der Waals surface area contributed by atoms with E-state index in [-0.39, 0.29) is 11.6 Å². The first-order chi connectivity index (χ1) is 8.37. The molecule has 0 aromatic heterocycles. The van der Waals surface area contributed by atoms with Crippen molar-refractivity contribution in [2.24, 2.45) is 0 Å². The van der Waals surface area contributed by atoms with Gasteiger partial charge in [-0.1, -0.05) is 13.3 Å². The van der Waals surface area contributed by atoms with E-state index in [1.165, 1.54) is 4.90 Å². The lowest BCUT2D eigenvalue weighted by Gasteiger charge is -2.36. The molecule has 1 atom stereocenters. The summed E-state index contributed by atoms with van der Waals surface area (Å²) >= 11 is 0. The minimum Gasteiger partial charge on any atom is -0.480 e. The lowest BCUT2D eigenvalue weighted by atomic mass is 9.98. The molecule has 5 heteroatoms. The Hall–Kier alpha value is -1.26. The summed E-state index contributed by atoms with van der Waals surface area (Å²) in [7, 11) is 0. The number of amides is 2. The molecule has 0 radical (unpaired) electrons. The molecule has 2 N–H and O–H groups in total. The molecule has 1 saturated heterocycles. The van der Waals surface area contributed by atoms with Gasteiger partial charge in [0.1, 0.15) is 6.04 Å². The summed E-state index contributed by atoms with van der Waals surface area (Å²) in [6.07, 6.45) is 4.17. The van der Waals surface area contributed by atoms with Crippen LogP contribution in [-0.4, -0.2) is 40.1 Å². The van der Waals surface area contributed by atoms with Crippen molar-refractivity contribution in [3.05, 3.63) is 0 Å². The van der Waals surface area contributed by atoms with Crippen molar-refractivity contribution in [1.82, 2.24) is 10.2 Å². The minimum absolute atomic E-state index is 0.249. The van der Waals surface area contributed by atoms with Crippen LogP contribution in [0.4, 0.5) is 4.79 Å². The number of piperidine rings is 1. The lowest BCUT2D eigenvalue weighted by molar-refractivity contribution is -0.143. The maximum absolute atomic E-state index is 12.2. The lowest BCUT2D eigenvalue weighted by Crippen LogP contribution is -2.56. The molecule has 2 amide bonds. The van der Waals surface area contributed by atoms with E-state index in [1.54, 1.807) is 0 Å². The zero-order chi connectivity index (χ0) is 13.8. The molecule has 0 aliphatic carbocycles. The van der Waals surface area contributed by atoms with Crippen molar-refractivity contribution < 1.29 is 14.7 Å². The molecule has 1 heterocycles. The number of nitrogens with zero attached hydrogens (tertiary/aromatic N) is 1. The van der Waals surface area contributed by atoms with Gasteiger partial charge in [-0.3, -0.25) is 0 Å². The van der Waals surface area contributed by atoms with Gasteiger partial charge in [-0.2, -0.15) is 0 Å². The number of carboxylic acid groups (broad SMARTS) is 1. The molecule has 1 aliphatic heterocycles. The molecule has 104 valence electrons. The normalized spacial score (nSPS) is 20.6. The number of rotatable bonds is 4. The number of aliphatic carboxylic acids is 1. The van der Waals surface area contributed by atoms with Gasteiger partial charge in [-0.05, 0) is 39.5 Å². The zero-order valence-electron chi connectivity index (χ0n) is 11.5. The Kier molecular flexibility index (Phi) is 4.99. The van der Waals surface area contributed by atoms with E-state index in [9.17, 15) is 9.59 Å². The third kappa shape index (κ3) is 3.89. The number of nitrogens with one attached hydrogen (secondary N) is 1. The topological polar surface area (TPSA) is 69.6 Å². The third-order valence-electron chi connectivity index (χ3n) is 3.37. The Morgan fingerprint density at radius 1 is 1.39 bits per heavy atom. The van der Waals surface area contributed by atoms with Crippen LogP contribution < -0.4 is 5.32 Å². The van der Waals surface area contributed by atoms with Gasteiger partial charge in [-0.25, -0.2) is 9.59 Å². The quantitative estimate of drug-likeness (QED) is 0.810. The molecular formula is C13H24N2O3. The Bertz CT molecular complexity index is 315. The van der Waals surface area contributed by atoms with Crippen molar-refractivity contribution in [1.29, 1.82) is 0 Å². The summed E-state index contributed by atoms with van der Waals surface area (Å²) in [5, 5.41) is 12.1. The van der Waals surface area contributed by atoms with Gasteiger partial charge in [0.05, 0.1) is 0 Å². The van der Waals surface area contributed by atoms with E-state index in [0.29, 0.717) is 13.0 Å². The summed E-state index contributed by atoms with van der Waals surface area (Å²) in [4.78, 5) is 24.8. The molecule has 1 rings (SSSR count). The summed E-state index contributed by atoms with van der Waals surface area (Å²) in [6.45, 7) is 6.53. The molecule has 0 bridgehead atoms. The number of hydrogen-bond donors (Lipinski definition) is 2. The molecule has 1 aliphatic rings. The van der Waals surface area contributed by atoms with Gasteiger partial charge in [0.2, 0.25) is 0 Å². The molecule has 0 aromatic carbocycles. The summed E-state index contributed by atoms with van der Waals surface area (Å²) < 4.78 is 0. The average molecular weight is 256 g/mol. The largest absolute Gasteiger partial charge is 0.480 e. The van der Waals surface area contributed by atoms with Crippen LogP contribution in [-0.2, 0) is 4.79 Å². The fourth-order valence-electron chi connectivity index (χ4n) is 2.48. The van der Waals surface area contributed by atoms with Crippen LogP contribution in [0, 0.1) is 0 Å². The highest BCUT2D eigenvalue weighted by Crippen LogP contribution is 2.19. The third-order valence-corrected chi connectivity index (χ3v) is 3.37. The maximum atomic E-state index is 12.2. The predicted molar refractivity (Wildman–Crippen MR) is 69.5 cm³/mol. The number of carbonyl (C=O) groups excluding carboxylic acids is 1. The summed E-state index contributed by atoms with van der Waals surface area (Å²) in [5.74, 6) is -0.904. The van der Waals surface area contributed by atoms with Gasteiger partial charge < -0.3 is 15.3 Å². The minimum atomic E-state index is -0.904. The van der Waals surface area contributed by atoms with Gasteiger partial charge in [-0.15, -0.1) is 0 Å². The number of carboxylic acids is 1. The Labute approximate surface area is 109 Å². The second-order valence-electron chi connectivity index (χ2n) is 5.61. The second kappa shape index (κ2) is 6.07. The zero-order valence-corrected chi connectivity index (χ0v) is 11.5. The Morgan fingerprint density at radius 2 is 2.06 bits per heavy atom. The number of carbonyl (C=O) groups is 2. The molecule has 18 heavy (non-hydrogen) atoms. The van der Waals surface area contributed by atoms with E-state index < -0.39 is 12.0 Å². The van der Waals surface area contributed by atoms with E-state index in [1.807, 2.05) is 13.8 Å². The van der Waals surface area contributed by atoms with E-state index in [2.05, 4.69) is 12.2 Å². The average Bonchev–Trinajstić information content (AvgIpc) is 2.28. The molecule has 0 saturated carbocycles. The first kappa shape index (κ1) is 14.8. The van der Waals surface area contributed by atoms with Gasteiger partial charge >= 0.3 is 12.0 Å². The maximum Gasteiger partial charge on any atom is 0.326 e. The van der Waals surface area contributed by atoms with Crippen molar-refractivity contribution in [3.63, 3.8) is 0 Å². The van der Waals surface area contributed by atoms with Crippen LogP contribution in [0.3, 0.4) is 0 Å². The number of likely N-dealkylation sites (tertiary alicyclic amines) is 1. The van der Waals surface area contributed by atoms with Crippen molar-refractivity contribution in [2.75, 3.05) is 6.54 Å². The van der Waals surface area contributed by atoms with E-state index in [4.69, 9.17) is 5.11 Å². The predicted octanol–water partition coefficient (Wildman–Crippen LogP) is 2.21. The molecular weight excluding hydrogens is 232 g/mol. The first-order valence-corrected chi connectivity index (χ1v) is 6.69. The van der Waals surface area contributed by atoms with Crippen LogP contribution in [0.15, 0.2) is 0 Å². The van der Waals surface area contributed by atoms with Crippen molar-refractivity contribution >= 4 is 12.0 Å². The standard InChI is InChI=1S/C13H24N2O3/c1-4-8-13(2,3)14-12(18)15-9-6-5-7-10(15)11(16)17/h10H,4-9H2,1-3H3,(H,14,18)(H,16,17). The Balaban J connectivity index is 2.66. The first-order valence-electron chi connectivity index (χ1n) is 6.69. The van der Waals surface area contributed by atoms with Gasteiger partial charge in [0, 0.05) is 12.1 Å². The van der Waals surface area contributed by atoms with Crippen LogP contribution in [0.5, 0.6) is 0 Å². The van der Waals surface area contributed by atoms with Crippen molar-refractivity contribution in [3.8, 4) is 0 Å². The van der Waals surface area contributed by atoms with Crippen LogP contribution in [0.2, 0.25) is 0 Å². The summed E-state index contributed by atoms with van der Waals surface area (Å²) in [5.41, 5.74) is -0.285.